The van der Waals surface area contributed by atoms with Gasteiger partial charge < -0.3 is 5.32 Å². The molecule has 1 aromatic rings. The van der Waals surface area contributed by atoms with Crippen LogP contribution in [0.3, 0.4) is 0 Å². The van der Waals surface area contributed by atoms with Gasteiger partial charge in [0.25, 0.3) is 0 Å². The zero-order valence-electron chi connectivity index (χ0n) is 12.4. The van der Waals surface area contributed by atoms with Crippen molar-refractivity contribution < 1.29 is 8.42 Å². The molecule has 1 aliphatic carbocycles. The van der Waals surface area contributed by atoms with Gasteiger partial charge in [0.1, 0.15) is 0 Å². The Bertz CT molecular complexity index is 550. The Kier molecular flexibility index (Phi) is 4.39. The summed E-state index contributed by atoms with van der Waals surface area (Å²) in [4.78, 5) is 0.322. The lowest BCUT2D eigenvalue weighted by Gasteiger charge is -2.09. The quantitative estimate of drug-likeness (QED) is 0.813. The van der Waals surface area contributed by atoms with Crippen molar-refractivity contribution in [2.45, 2.75) is 38.5 Å². The Morgan fingerprint density at radius 2 is 1.85 bits per heavy atom. The van der Waals surface area contributed by atoms with Crippen LogP contribution in [0.1, 0.15) is 33.6 Å². The van der Waals surface area contributed by atoms with Gasteiger partial charge in [0.05, 0.1) is 4.90 Å². The van der Waals surface area contributed by atoms with Crippen LogP contribution in [0.4, 0.5) is 5.69 Å². The van der Waals surface area contributed by atoms with Crippen LogP contribution in [-0.2, 0) is 10.0 Å². The second-order valence-electron chi connectivity index (χ2n) is 6.19. The maximum atomic E-state index is 11.9. The molecule has 1 saturated carbocycles. The Labute approximate surface area is 122 Å². The van der Waals surface area contributed by atoms with Crippen molar-refractivity contribution in [3.63, 3.8) is 0 Å². The first-order valence-electron chi connectivity index (χ1n) is 7.19. The number of sulfonamides is 1. The van der Waals surface area contributed by atoms with Crippen molar-refractivity contribution in [1.29, 1.82) is 0 Å². The summed E-state index contributed by atoms with van der Waals surface area (Å²) in [5.74, 6) is 0.720. The second kappa shape index (κ2) is 5.74. The average Bonchev–Trinajstić information content (AvgIpc) is 3.02. The number of rotatable bonds is 7. The zero-order valence-corrected chi connectivity index (χ0v) is 13.3. The lowest BCUT2D eigenvalue weighted by atomic mass is 10.1. The largest absolute Gasteiger partial charge is 0.385 e. The topological polar surface area (TPSA) is 58.2 Å². The molecular weight excluding hydrogens is 272 g/mol. The standard InChI is InChI=1S/C15H24N2O2S/c1-4-9-17-20(18,19)14-7-5-13(6-8-14)16-11-12-10-15(12,2)3/h5-8,12,16-17H,4,9-11H2,1-3H3. The van der Waals surface area contributed by atoms with E-state index in [1.165, 1.54) is 6.42 Å². The van der Waals surface area contributed by atoms with Crippen LogP contribution in [-0.4, -0.2) is 21.5 Å². The third-order valence-electron chi connectivity index (χ3n) is 3.98. The monoisotopic (exact) mass is 296 g/mol. The van der Waals surface area contributed by atoms with E-state index in [4.69, 9.17) is 0 Å². The zero-order chi connectivity index (χ0) is 14.8. The third kappa shape index (κ3) is 3.73. The van der Waals surface area contributed by atoms with Gasteiger partial charge in [-0.3, -0.25) is 0 Å². The summed E-state index contributed by atoms with van der Waals surface area (Å²) in [5.41, 5.74) is 1.43. The molecule has 112 valence electrons. The highest BCUT2D eigenvalue weighted by molar-refractivity contribution is 7.89. The minimum absolute atomic E-state index is 0.322. The van der Waals surface area contributed by atoms with Crippen molar-refractivity contribution >= 4 is 15.7 Å². The summed E-state index contributed by atoms with van der Waals surface area (Å²) in [6.07, 6.45) is 2.05. The molecule has 1 unspecified atom stereocenters. The van der Waals surface area contributed by atoms with E-state index in [2.05, 4.69) is 23.9 Å². The Balaban J connectivity index is 1.92. The van der Waals surface area contributed by atoms with Crippen molar-refractivity contribution in [2.75, 3.05) is 18.4 Å². The fraction of sp³-hybridized carbons (Fsp3) is 0.600. The van der Waals surface area contributed by atoms with Gasteiger partial charge in [-0.05, 0) is 48.4 Å². The van der Waals surface area contributed by atoms with Gasteiger partial charge in [-0.25, -0.2) is 13.1 Å². The van der Waals surface area contributed by atoms with E-state index in [1.54, 1.807) is 12.1 Å². The van der Waals surface area contributed by atoms with Crippen LogP contribution in [0.5, 0.6) is 0 Å². The normalized spacial score (nSPS) is 20.6. The predicted molar refractivity (Wildman–Crippen MR) is 82.3 cm³/mol. The summed E-state index contributed by atoms with van der Waals surface area (Å²) in [6.45, 7) is 7.91. The molecule has 0 aliphatic heterocycles. The number of hydrogen-bond acceptors (Lipinski definition) is 3. The molecule has 0 bridgehead atoms. The summed E-state index contributed by atoms with van der Waals surface area (Å²) < 4.78 is 26.4. The van der Waals surface area contributed by atoms with Crippen LogP contribution < -0.4 is 10.0 Å². The minimum atomic E-state index is -3.35. The highest BCUT2D eigenvalue weighted by atomic mass is 32.2. The molecule has 2 rings (SSSR count). The second-order valence-corrected chi connectivity index (χ2v) is 7.96. The Morgan fingerprint density at radius 1 is 1.25 bits per heavy atom. The van der Waals surface area contributed by atoms with Crippen LogP contribution in [0, 0.1) is 11.3 Å². The van der Waals surface area contributed by atoms with Gasteiger partial charge in [-0.1, -0.05) is 20.8 Å². The van der Waals surface area contributed by atoms with Crippen molar-refractivity contribution in [2.24, 2.45) is 11.3 Å². The maximum absolute atomic E-state index is 11.9. The Hall–Kier alpha value is -1.07. The molecule has 0 amide bonds. The summed E-state index contributed by atoms with van der Waals surface area (Å²) in [5, 5.41) is 3.37. The number of benzene rings is 1. The van der Waals surface area contributed by atoms with Crippen LogP contribution in [0.2, 0.25) is 0 Å². The van der Waals surface area contributed by atoms with Gasteiger partial charge in [-0.15, -0.1) is 0 Å². The molecule has 0 radical (unpaired) electrons. The van der Waals surface area contributed by atoms with E-state index in [1.807, 2.05) is 19.1 Å². The van der Waals surface area contributed by atoms with Crippen LogP contribution >= 0.6 is 0 Å². The fourth-order valence-corrected chi connectivity index (χ4v) is 3.37. The highest BCUT2D eigenvalue weighted by Gasteiger charge is 2.44. The summed E-state index contributed by atoms with van der Waals surface area (Å²) in [7, 11) is -3.35. The van der Waals surface area contributed by atoms with E-state index in [-0.39, 0.29) is 0 Å². The molecule has 20 heavy (non-hydrogen) atoms. The third-order valence-corrected chi connectivity index (χ3v) is 5.45. The van der Waals surface area contributed by atoms with E-state index in [0.717, 1.165) is 24.6 Å². The molecular formula is C15H24N2O2S. The van der Waals surface area contributed by atoms with Crippen LogP contribution in [0.15, 0.2) is 29.2 Å². The highest BCUT2D eigenvalue weighted by Crippen LogP contribution is 2.51. The van der Waals surface area contributed by atoms with E-state index in [9.17, 15) is 8.42 Å². The van der Waals surface area contributed by atoms with E-state index in [0.29, 0.717) is 16.9 Å². The number of anilines is 1. The minimum Gasteiger partial charge on any atom is -0.385 e. The van der Waals surface area contributed by atoms with Crippen molar-refractivity contribution in [3.05, 3.63) is 24.3 Å². The number of hydrogen-bond donors (Lipinski definition) is 2. The predicted octanol–water partition coefficient (Wildman–Crippen LogP) is 2.83. The van der Waals surface area contributed by atoms with Gasteiger partial charge in [0.15, 0.2) is 0 Å². The van der Waals surface area contributed by atoms with E-state index >= 15 is 0 Å². The lowest BCUT2D eigenvalue weighted by molar-refractivity contribution is 0.573. The van der Waals surface area contributed by atoms with Crippen molar-refractivity contribution in [1.82, 2.24) is 4.72 Å². The number of nitrogens with one attached hydrogen (secondary N) is 2. The SMILES string of the molecule is CCCNS(=O)(=O)c1ccc(NCC2CC2(C)C)cc1. The molecule has 1 aliphatic rings. The molecule has 5 heteroatoms. The van der Waals surface area contributed by atoms with Gasteiger partial charge in [0, 0.05) is 18.8 Å². The molecule has 0 spiro atoms. The molecule has 1 aromatic carbocycles. The smallest absolute Gasteiger partial charge is 0.240 e. The first-order chi connectivity index (χ1) is 9.35. The molecule has 1 fully saturated rings. The van der Waals surface area contributed by atoms with Crippen LogP contribution in [0.25, 0.3) is 0 Å². The van der Waals surface area contributed by atoms with Gasteiger partial charge >= 0.3 is 0 Å². The van der Waals surface area contributed by atoms with E-state index < -0.39 is 10.0 Å². The molecule has 4 nitrogen and oxygen atoms in total. The molecule has 1 atom stereocenters. The molecule has 0 heterocycles. The summed E-state index contributed by atoms with van der Waals surface area (Å²) >= 11 is 0. The molecule has 0 aromatic heterocycles. The lowest BCUT2D eigenvalue weighted by Crippen LogP contribution is -2.24. The average molecular weight is 296 g/mol. The Morgan fingerprint density at radius 3 is 2.35 bits per heavy atom. The first-order valence-corrected chi connectivity index (χ1v) is 8.67. The fourth-order valence-electron chi connectivity index (χ4n) is 2.24. The summed E-state index contributed by atoms with van der Waals surface area (Å²) in [6, 6.07) is 6.96. The first kappa shape index (κ1) is 15.3. The molecule has 0 saturated heterocycles. The van der Waals surface area contributed by atoms with Gasteiger partial charge in [-0.2, -0.15) is 0 Å². The van der Waals surface area contributed by atoms with Crippen molar-refractivity contribution in [3.8, 4) is 0 Å². The molecule has 2 N–H and O–H groups in total. The maximum Gasteiger partial charge on any atom is 0.240 e. The van der Waals surface area contributed by atoms with Gasteiger partial charge in [0.2, 0.25) is 10.0 Å².